The van der Waals surface area contributed by atoms with Crippen LogP contribution in [0.4, 0.5) is 10.6 Å². The summed E-state index contributed by atoms with van der Waals surface area (Å²) in [6, 6.07) is 0. The molecule has 1 amide bonds. The Morgan fingerprint density at radius 1 is 1.54 bits per heavy atom. The minimum absolute atomic E-state index is 0.105. The van der Waals surface area contributed by atoms with E-state index in [4.69, 9.17) is 15.9 Å². The normalized spacial score (nSPS) is 26.0. The molecular weight excluding hydrogens is 318 g/mol. The van der Waals surface area contributed by atoms with Gasteiger partial charge in [0, 0.05) is 6.20 Å². The molecule has 1 aliphatic heterocycles. The van der Waals surface area contributed by atoms with Crippen molar-refractivity contribution in [2.45, 2.75) is 44.8 Å². The highest BCUT2D eigenvalue weighted by atomic mass is 16.6. The molecule has 2 rings (SSSR count). The zero-order valence-corrected chi connectivity index (χ0v) is 13.3. The molecule has 0 radical (unpaired) electrons. The number of amides is 1. The third kappa shape index (κ3) is 3.56. The van der Waals surface area contributed by atoms with Crippen LogP contribution >= 0.6 is 0 Å². The van der Waals surface area contributed by atoms with Crippen molar-refractivity contribution in [2.75, 3.05) is 11.9 Å². The van der Waals surface area contributed by atoms with E-state index in [2.05, 4.69) is 16.2 Å². The Balaban J connectivity index is 2.30. The van der Waals surface area contributed by atoms with Crippen LogP contribution in [-0.2, 0) is 9.47 Å². The Labute approximate surface area is 138 Å². The summed E-state index contributed by atoms with van der Waals surface area (Å²) in [6.45, 7) is 3.61. The highest BCUT2D eigenvalue weighted by Crippen LogP contribution is 2.28. The summed E-state index contributed by atoms with van der Waals surface area (Å²) >= 11 is 0. The average molecular weight is 337 g/mol. The number of ether oxygens (including phenoxy) is 2. The Bertz CT molecular complexity index is 710. The molecule has 4 atom stereocenters. The predicted molar refractivity (Wildman–Crippen MR) is 83.3 cm³/mol. The topological polar surface area (TPSA) is 123 Å². The monoisotopic (exact) mass is 337 g/mol. The number of carbonyl (C=O) groups is 1. The van der Waals surface area contributed by atoms with Crippen molar-refractivity contribution in [2.24, 2.45) is 0 Å². The molecule has 130 valence electrons. The van der Waals surface area contributed by atoms with Crippen molar-refractivity contribution in [3.05, 3.63) is 22.2 Å². The lowest BCUT2D eigenvalue weighted by Gasteiger charge is -2.18. The lowest BCUT2D eigenvalue weighted by molar-refractivity contribution is -0.0350. The first-order valence-corrected chi connectivity index (χ1v) is 7.44. The SMILES string of the molecule is C#Cc1cn([C@@H]2O[C@H](C)C(O)C2O)c(=O)nc1NC(=O)OCCC. The molecule has 9 nitrogen and oxygen atoms in total. The van der Waals surface area contributed by atoms with Crippen molar-refractivity contribution in [3.63, 3.8) is 0 Å². The fourth-order valence-electron chi connectivity index (χ4n) is 2.24. The maximum Gasteiger partial charge on any atom is 0.412 e. The summed E-state index contributed by atoms with van der Waals surface area (Å²) < 4.78 is 11.2. The Morgan fingerprint density at radius 3 is 2.79 bits per heavy atom. The minimum atomic E-state index is -1.31. The molecule has 0 bridgehead atoms. The predicted octanol–water partition coefficient (Wildman–Crippen LogP) is -0.178. The summed E-state index contributed by atoms with van der Waals surface area (Å²) in [4.78, 5) is 27.5. The number of anilines is 1. The van der Waals surface area contributed by atoms with Gasteiger partial charge in [-0.3, -0.25) is 9.88 Å². The quantitative estimate of drug-likeness (QED) is 0.651. The third-order valence-electron chi connectivity index (χ3n) is 3.52. The van der Waals surface area contributed by atoms with E-state index in [1.54, 1.807) is 6.92 Å². The van der Waals surface area contributed by atoms with E-state index < -0.39 is 36.3 Å². The maximum atomic E-state index is 12.2. The van der Waals surface area contributed by atoms with Crippen molar-refractivity contribution in [3.8, 4) is 12.3 Å². The van der Waals surface area contributed by atoms with Gasteiger partial charge in [-0.15, -0.1) is 6.42 Å². The first kappa shape index (κ1) is 17.9. The number of rotatable bonds is 4. The van der Waals surface area contributed by atoms with Crippen LogP contribution in [0.2, 0.25) is 0 Å². The number of nitrogens with zero attached hydrogens (tertiary/aromatic N) is 2. The van der Waals surface area contributed by atoms with Gasteiger partial charge in [-0.1, -0.05) is 12.8 Å². The smallest absolute Gasteiger partial charge is 0.412 e. The van der Waals surface area contributed by atoms with Gasteiger partial charge in [0.25, 0.3) is 0 Å². The van der Waals surface area contributed by atoms with Gasteiger partial charge >= 0.3 is 11.8 Å². The van der Waals surface area contributed by atoms with Crippen molar-refractivity contribution < 1.29 is 24.5 Å². The molecule has 1 aromatic rings. The van der Waals surface area contributed by atoms with Crippen molar-refractivity contribution in [1.29, 1.82) is 0 Å². The van der Waals surface area contributed by atoms with E-state index in [0.717, 1.165) is 4.57 Å². The van der Waals surface area contributed by atoms with Crippen LogP contribution in [0.15, 0.2) is 11.0 Å². The number of aromatic nitrogens is 2. The van der Waals surface area contributed by atoms with Crippen LogP contribution in [0.1, 0.15) is 32.1 Å². The Kier molecular flexibility index (Phi) is 5.56. The van der Waals surface area contributed by atoms with Crippen LogP contribution in [0.5, 0.6) is 0 Å². The van der Waals surface area contributed by atoms with E-state index in [-0.39, 0.29) is 18.0 Å². The number of aliphatic hydroxyl groups is 2. The summed E-state index contributed by atoms with van der Waals surface area (Å²) in [5.74, 6) is 2.17. The molecule has 1 aliphatic rings. The van der Waals surface area contributed by atoms with E-state index in [1.807, 2.05) is 6.92 Å². The first-order valence-electron chi connectivity index (χ1n) is 7.44. The number of terminal acetylenes is 1. The summed E-state index contributed by atoms with van der Waals surface area (Å²) in [5.41, 5.74) is -0.696. The van der Waals surface area contributed by atoms with Crippen LogP contribution in [0, 0.1) is 12.3 Å². The molecule has 1 saturated heterocycles. The van der Waals surface area contributed by atoms with Gasteiger partial charge in [0.15, 0.2) is 12.0 Å². The molecule has 9 heteroatoms. The second-order valence-electron chi connectivity index (χ2n) is 5.31. The van der Waals surface area contributed by atoms with E-state index >= 15 is 0 Å². The van der Waals surface area contributed by atoms with E-state index in [0.29, 0.717) is 6.42 Å². The highest BCUT2D eigenvalue weighted by molar-refractivity contribution is 5.84. The number of carbonyl (C=O) groups excluding carboxylic acids is 1. The molecule has 2 unspecified atom stereocenters. The number of hydrogen-bond donors (Lipinski definition) is 3. The second-order valence-corrected chi connectivity index (χ2v) is 5.31. The summed E-state index contributed by atoms with van der Waals surface area (Å²) in [6.07, 6.45) is 2.24. The van der Waals surface area contributed by atoms with Gasteiger partial charge in [-0.05, 0) is 13.3 Å². The van der Waals surface area contributed by atoms with Crippen molar-refractivity contribution >= 4 is 11.9 Å². The Morgan fingerprint density at radius 2 is 2.25 bits per heavy atom. The molecule has 0 spiro atoms. The fourth-order valence-corrected chi connectivity index (χ4v) is 2.24. The van der Waals surface area contributed by atoms with Gasteiger partial charge in [0.2, 0.25) is 0 Å². The highest BCUT2D eigenvalue weighted by Gasteiger charge is 2.42. The van der Waals surface area contributed by atoms with E-state index in [1.165, 1.54) is 6.20 Å². The number of nitrogens with one attached hydrogen (secondary N) is 1. The number of aliphatic hydroxyl groups excluding tert-OH is 2. The largest absolute Gasteiger partial charge is 0.449 e. The van der Waals surface area contributed by atoms with Gasteiger partial charge in [0.05, 0.1) is 18.3 Å². The van der Waals surface area contributed by atoms with Crippen LogP contribution in [0.3, 0.4) is 0 Å². The summed E-state index contributed by atoms with van der Waals surface area (Å²) in [7, 11) is 0. The summed E-state index contributed by atoms with van der Waals surface area (Å²) in [5, 5.41) is 22.0. The molecule has 2 heterocycles. The average Bonchev–Trinajstić information content (AvgIpc) is 2.80. The molecule has 3 N–H and O–H groups in total. The molecule has 0 saturated carbocycles. The van der Waals surface area contributed by atoms with Gasteiger partial charge < -0.3 is 19.7 Å². The van der Waals surface area contributed by atoms with Crippen LogP contribution < -0.4 is 11.0 Å². The standard InChI is InChI=1S/C15H19N3O6/c1-4-6-23-15(22)17-12-9(5-2)7-18(14(21)16-12)13-11(20)10(19)8(3)24-13/h2,7-8,10-11,13,19-20H,4,6H2,1,3H3,(H,16,17,21,22)/t8-,10?,11?,13-/m1/s1. The zero-order valence-electron chi connectivity index (χ0n) is 13.3. The molecule has 0 aromatic carbocycles. The molecule has 0 aliphatic carbocycles. The third-order valence-corrected chi connectivity index (χ3v) is 3.52. The molecule has 1 fully saturated rings. The van der Waals surface area contributed by atoms with Crippen molar-refractivity contribution in [1.82, 2.24) is 9.55 Å². The van der Waals surface area contributed by atoms with E-state index in [9.17, 15) is 19.8 Å². The fraction of sp³-hybridized carbons (Fsp3) is 0.533. The lowest BCUT2D eigenvalue weighted by Crippen LogP contribution is -2.36. The minimum Gasteiger partial charge on any atom is -0.449 e. The van der Waals surface area contributed by atoms with Gasteiger partial charge in [-0.25, -0.2) is 9.59 Å². The van der Waals surface area contributed by atoms with Crippen LogP contribution in [-0.4, -0.2) is 50.8 Å². The molecular formula is C15H19N3O6. The zero-order chi connectivity index (χ0) is 17.9. The Hall–Kier alpha value is -2.41. The molecule has 1 aromatic heterocycles. The molecule has 24 heavy (non-hydrogen) atoms. The lowest BCUT2D eigenvalue weighted by atomic mass is 10.1. The maximum absolute atomic E-state index is 12.2. The number of hydrogen-bond acceptors (Lipinski definition) is 7. The van der Waals surface area contributed by atoms with Gasteiger partial charge in [-0.2, -0.15) is 4.98 Å². The van der Waals surface area contributed by atoms with Gasteiger partial charge in [0.1, 0.15) is 12.2 Å². The first-order chi connectivity index (χ1) is 11.4. The second kappa shape index (κ2) is 7.44. The van der Waals surface area contributed by atoms with Crippen LogP contribution in [0.25, 0.3) is 0 Å².